The van der Waals surface area contributed by atoms with E-state index in [1.54, 1.807) is 0 Å². The normalized spacial score (nSPS) is 30.6. The molecule has 0 radical (unpaired) electrons. The van der Waals surface area contributed by atoms with Gasteiger partial charge in [0.25, 0.3) is 0 Å². The molecule has 0 aromatic carbocycles. The van der Waals surface area contributed by atoms with Crippen molar-refractivity contribution in [2.45, 2.75) is 32.1 Å². The number of nitrogens with zero attached hydrogens (tertiary/aromatic N) is 1. The monoisotopic (exact) mass is 275 g/mol. The van der Waals surface area contributed by atoms with Gasteiger partial charge >= 0.3 is 0 Å². The summed E-state index contributed by atoms with van der Waals surface area (Å²) < 4.78 is 22.4. The zero-order chi connectivity index (χ0) is 13.2. The summed E-state index contributed by atoms with van der Waals surface area (Å²) in [6.07, 6.45) is 7.21. The van der Waals surface area contributed by atoms with Crippen LogP contribution < -0.4 is 0 Å². The van der Waals surface area contributed by atoms with Crippen LogP contribution in [0.4, 0.5) is 0 Å². The number of hydrogen-bond acceptors (Lipinski definition) is 4. The molecule has 1 atom stereocenters. The zero-order valence-corrected chi connectivity index (χ0v) is 12.1. The second kappa shape index (κ2) is 5.47. The Morgan fingerprint density at radius 3 is 2.67 bits per heavy atom. The molecule has 106 valence electrons. The quantitative estimate of drug-likeness (QED) is 0.782. The smallest absolute Gasteiger partial charge is 0.148 e. The SMILES string of the molecule is CS(=O)(=O)CCN1CCCC(CO)(CC2CC2)C1. The van der Waals surface area contributed by atoms with Crippen LogP contribution in [-0.2, 0) is 9.84 Å². The molecule has 1 N–H and O–H groups in total. The highest BCUT2D eigenvalue weighted by molar-refractivity contribution is 7.90. The van der Waals surface area contributed by atoms with Crippen LogP contribution in [0.15, 0.2) is 0 Å². The highest BCUT2D eigenvalue weighted by Crippen LogP contribution is 2.44. The lowest BCUT2D eigenvalue weighted by atomic mass is 9.76. The highest BCUT2D eigenvalue weighted by Gasteiger charge is 2.39. The average Bonchev–Trinajstić information content (AvgIpc) is 3.10. The topological polar surface area (TPSA) is 57.6 Å². The largest absolute Gasteiger partial charge is 0.396 e. The third-order valence-corrected chi connectivity index (χ3v) is 5.20. The van der Waals surface area contributed by atoms with Crippen molar-refractivity contribution in [1.29, 1.82) is 0 Å². The van der Waals surface area contributed by atoms with Crippen molar-refractivity contribution in [3.05, 3.63) is 0 Å². The van der Waals surface area contributed by atoms with Gasteiger partial charge in [0.15, 0.2) is 0 Å². The Labute approximate surface area is 110 Å². The Morgan fingerprint density at radius 1 is 1.39 bits per heavy atom. The maximum absolute atomic E-state index is 11.2. The third-order valence-electron chi connectivity index (χ3n) is 4.27. The van der Waals surface area contributed by atoms with Crippen molar-refractivity contribution in [3.8, 4) is 0 Å². The molecule has 1 unspecified atom stereocenters. The number of hydrogen-bond donors (Lipinski definition) is 1. The molecular formula is C13H25NO3S. The van der Waals surface area contributed by atoms with E-state index in [1.165, 1.54) is 19.1 Å². The van der Waals surface area contributed by atoms with Crippen molar-refractivity contribution >= 4 is 9.84 Å². The molecule has 5 heteroatoms. The van der Waals surface area contributed by atoms with E-state index in [1.807, 2.05) is 0 Å². The third kappa shape index (κ3) is 4.21. The Hall–Kier alpha value is -0.130. The fraction of sp³-hybridized carbons (Fsp3) is 1.00. The average molecular weight is 275 g/mol. The molecule has 4 nitrogen and oxygen atoms in total. The Bertz CT molecular complexity index is 378. The molecular weight excluding hydrogens is 250 g/mol. The fourth-order valence-corrected chi connectivity index (χ4v) is 3.68. The first-order chi connectivity index (χ1) is 8.42. The molecule has 0 bridgehead atoms. The van der Waals surface area contributed by atoms with Crippen molar-refractivity contribution in [2.75, 3.05) is 38.2 Å². The van der Waals surface area contributed by atoms with Crippen LogP contribution in [0.5, 0.6) is 0 Å². The van der Waals surface area contributed by atoms with Gasteiger partial charge < -0.3 is 10.0 Å². The first-order valence-electron chi connectivity index (χ1n) is 6.93. The molecule has 0 amide bonds. The van der Waals surface area contributed by atoms with Crippen LogP contribution in [0.1, 0.15) is 32.1 Å². The van der Waals surface area contributed by atoms with Gasteiger partial charge in [-0.15, -0.1) is 0 Å². The van der Waals surface area contributed by atoms with Crippen LogP contribution in [0.3, 0.4) is 0 Å². The van der Waals surface area contributed by atoms with E-state index in [-0.39, 0.29) is 17.8 Å². The molecule has 2 rings (SSSR count). The molecule has 2 fully saturated rings. The van der Waals surface area contributed by atoms with Gasteiger partial charge in [0, 0.05) is 31.4 Å². The van der Waals surface area contributed by atoms with E-state index < -0.39 is 9.84 Å². The van der Waals surface area contributed by atoms with Crippen molar-refractivity contribution in [3.63, 3.8) is 0 Å². The molecule has 1 heterocycles. The number of likely N-dealkylation sites (tertiary alicyclic amines) is 1. The number of rotatable bonds is 6. The lowest BCUT2D eigenvalue weighted by Gasteiger charge is -2.42. The molecule has 18 heavy (non-hydrogen) atoms. The van der Waals surface area contributed by atoms with Crippen molar-refractivity contribution in [1.82, 2.24) is 4.90 Å². The van der Waals surface area contributed by atoms with Gasteiger partial charge in [-0.3, -0.25) is 0 Å². The Kier molecular flexibility index (Phi) is 4.34. The van der Waals surface area contributed by atoms with Gasteiger partial charge in [-0.2, -0.15) is 0 Å². The molecule has 0 aromatic rings. The molecule has 1 aliphatic heterocycles. The zero-order valence-electron chi connectivity index (χ0n) is 11.3. The summed E-state index contributed by atoms with van der Waals surface area (Å²) in [6.45, 7) is 2.71. The summed E-state index contributed by atoms with van der Waals surface area (Å²) in [5.74, 6) is 1.05. The predicted octanol–water partition coefficient (Wildman–Crippen LogP) is 0.906. The van der Waals surface area contributed by atoms with Crippen LogP contribution >= 0.6 is 0 Å². The number of aliphatic hydroxyl groups excluding tert-OH is 1. The Balaban J connectivity index is 1.89. The summed E-state index contributed by atoms with van der Waals surface area (Å²) in [5.41, 5.74) is 0.0386. The van der Waals surface area contributed by atoms with Crippen molar-refractivity contribution in [2.24, 2.45) is 11.3 Å². The minimum absolute atomic E-state index is 0.0386. The first-order valence-corrected chi connectivity index (χ1v) is 8.99. The van der Waals surface area contributed by atoms with Gasteiger partial charge in [-0.1, -0.05) is 12.8 Å². The van der Waals surface area contributed by atoms with E-state index in [2.05, 4.69) is 4.90 Å². The number of aliphatic hydroxyl groups is 1. The van der Waals surface area contributed by atoms with Crippen molar-refractivity contribution < 1.29 is 13.5 Å². The molecule has 1 saturated carbocycles. The van der Waals surface area contributed by atoms with Gasteiger partial charge in [-0.05, 0) is 31.7 Å². The van der Waals surface area contributed by atoms with Crippen LogP contribution in [0.2, 0.25) is 0 Å². The molecule has 1 saturated heterocycles. The maximum Gasteiger partial charge on any atom is 0.148 e. The van der Waals surface area contributed by atoms with Gasteiger partial charge in [0.2, 0.25) is 0 Å². The van der Waals surface area contributed by atoms with Gasteiger partial charge in [0.05, 0.1) is 5.75 Å². The maximum atomic E-state index is 11.2. The minimum atomic E-state index is -2.88. The van der Waals surface area contributed by atoms with E-state index in [0.717, 1.165) is 38.3 Å². The van der Waals surface area contributed by atoms with E-state index in [9.17, 15) is 13.5 Å². The second-order valence-corrected chi connectivity index (χ2v) is 8.57. The second-order valence-electron chi connectivity index (χ2n) is 6.32. The lowest BCUT2D eigenvalue weighted by Crippen LogP contribution is -2.47. The first kappa shape index (κ1) is 14.3. The summed E-state index contributed by atoms with van der Waals surface area (Å²) in [4.78, 5) is 2.23. The summed E-state index contributed by atoms with van der Waals surface area (Å²) in [7, 11) is -2.88. The molecule has 0 spiro atoms. The molecule has 0 aromatic heterocycles. The minimum Gasteiger partial charge on any atom is -0.396 e. The lowest BCUT2D eigenvalue weighted by molar-refractivity contribution is 0.0239. The number of piperidine rings is 1. The molecule has 1 aliphatic carbocycles. The summed E-state index contributed by atoms with van der Waals surface area (Å²) in [6, 6.07) is 0. The van der Waals surface area contributed by atoms with E-state index in [0.29, 0.717) is 6.54 Å². The number of sulfone groups is 1. The van der Waals surface area contributed by atoms with Crippen LogP contribution in [0, 0.1) is 11.3 Å². The highest BCUT2D eigenvalue weighted by atomic mass is 32.2. The summed E-state index contributed by atoms with van der Waals surface area (Å²) >= 11 is 0. The fourth-order valence-electron chi connectivity index (χ4n) is 3.09. The van der Waals surface area contributed by atoms with E-state index >= 15 is 0 Å². The Morgan fingerprint density at radius 2 is 2.11 bits per heavy atom. The summed E-state index contributed by atoms with van der Waals surface area (Å²) in [5, 5.41) is 9.72. The van der Waals surface area contributed by atoms with Gasteiger partial charge in [-0.25, -0.2) is 8.42 Å². The standard InChI is InChI=1S/C13H25NO3S/c1-18(16,17)8-7-14-6-2-5-13(10-14,11-15)9-12-3-4-12/h12,15H,2-11H2,1H3. The van der Waals surface area contributed by atoms with Crippen LogP contribution in [0.25, 0.3) is 0 Å². The van der Waals surface area contributed by atoms with Crippen LogP contribution in [-0.4, -0.2) is 56.7 Å². The van der Waals surface area contributed by atoms with Gasteiger partial charge in [0.1, 0.15) is 9.84 Å². The predicted molar refractivity (Wildman–Crippen MR) is 72.2 cm³/mol. The molecule has 2 aliphatic rings. The van der Waals surface area contributed by atoms with E-state index in [4.69, 9.17) is 0 Å².